The molecule has 0 atom stereocenters. The van der Waals surface area contributed by atoms with Crippen molar-refractivity contribution in [2.24, 2.45) is 0 Å². The molecule has 0 aliphatic heterocycles. The molecule has 1 aliphatic rings. The van der Waals surface area contributed by atoms with Crippen LogP contribution >= 0.6 is 0 Å². The Labute approximate surface area is 105 Å². The van der Waals surface area contributed by atoms with Crippen LogP contribution in [-0.2, 0) is 6.54 Å². The van der Waals surface area contributed by atoms with Crippen LogP contribution in [0.3, 0.4) is 0 Å². The monoisotopic (exact) mass is 248 g/mol. The van der Waals surface area contributed by atoms with Gasteiger partial charge < -0.3 is 15.7 Å². The summed E-state index contributed by atoms with van der Waals surface area (Å²) in [5, 5.41) is 14.4. The zero-order chi connectivity index (χ0) is 13.2. The quantitative estimate of drug-likeness (QED) is 0.759. The standard InChI is InChI=1S/C13H16N2O3/c1-13(5-6-13)15-12(18)14-8-9-3-2-4-10(7-9)11(16)17/h2-4,7H,5-6,8H2,1H3,(H,16,17)(H2,14,15,18). The number of hydrogen-bond donors (Lipinski definition) is 3. The smallest absolute Gasteiger partial charge is 0.335 e. The maximum atomic E-state index is 11.6. The van der Waals surface area contributed by atoms with Crippen molar-refractivity contribution in [3.05, 3.63) is 35.4 Å². The van der Waals surface area contributed by atoms with Gasteiger partial charge in [0.25, 0.3) is 0 Å². The second-order valence-corrected chi connectivity index (χ2v) is 4.87. The molecule has 0 aromatic heterocycles. The molecule has 0 bridgehead atoms. The van der Waals surface area contributed by atoms with Crippen LogP contribution in [0.1, 0.15) is 35.7 Å². The van der Waals surface area contributed by atoms with Crippen molar-refractivity contribution in [3.63, 3.8) is 0 Å². The number of carbonyl (C=O) groups is 2. The molecule has 18 heavy (non-hydrogen) atoms. The molecule has 5 nitrogen and oxygen atoms in total. The maximum absolute atomic E-state index is 11.6. The Balaban J connectivity index is 1.87. The highest BCUT2D eigenvalue weighted by atomic mass is 16.4. The number of hydrogen-bond acceptors (Lipinski definition) is 2. The Morgan fingerprint density at radius 2 is 2.11 bits per heavy atom. The van der Waals surface area contributed by atoms with Crippen molar-refractivity contribution in [1.29, 1.82) is 0 Å². The van der Waals surface area contributed by atoms with Gasteiger partial charge in [-0.1, -0.05) is 12.1 Å². The molecule has 3 N–H and O–H groups in total. The lowest BCUT2D eigenvalue weighted by molar-refractivity contribution is 0.0696. The fraction of sp³-hybridized carbons (Fsp3) is 0.385. The first-order chi connectivity index (χ1) is 8.48. The van der Waals surface area contributed by atoms with Crippen LogP contribution in [0, 0.1) is 0 Å². The van der Waals surface area contributed by atoms with E-state index in [-0.39, 0.29) is 17.1 Å². The molecule has 96 valence electrons. The highest BCUT2D eigenvalue weighted by Crippen LogP contribution is 2.33. The van der Waals surface area contributed by atoms with Crippen molar-refractivity contribution in [3.8, 4) is 0 Å². The lowest BCUT2D eigenvalue weighted by atomic mass is 10.1. The van der Waals surface area contributed by atoms with Crippen molar-refractivity contribution >= 4 is 12.0 Å². The Morgan fingerprint density at radius 3 is 2.72 bits per heavy atom. The van der Waals surface area contributed by atoms with Gasteiger partial charge in [0.05, 0.1) is 5.56 Å². The average Bonchev–Trinajstić information content (AvgIpc) is 3.04. The van der Waals surface area contributed by atoms with Crippen molar-refractivity contribution in [1.82, 2.24) is 10.6 Å². The SMILES string of the molecule is CC1(NC(=O)NCc2cccc(C(=O)O)c2)CC1. The minimum absolute atomic E-state index is 0.0486. The molecule has 0 unspecified atom stereocenters. The molecule has 0 saturated heterocycles. The molecule has 2 rings (SSSR count). The number of carbonyl (C=O) groups excluding carboxylic acids is 1. The second kappa shape index (κ2) is 4.68. The number of nitrogens with one attached hydrogen (secondary N) is 2. The summed E-state index contributed by atoms with van der Waals surface area (Å²) in [6.07, 6.45) is 2.02. The second-order valence-electron chi connectivity index (χ2n) is 4.87. The van der Waals surface area contributed by atoms with Crippen LogP contribution in [0.15, 0.2) is 24.3 Å². The van der Waals surface area contributed by atoms with Gasteiger partial charge in [0.15, 0.2) is 0 Å². The van der Waals surface area contributed by atoms with Crippen LogP contribution in [-0.4, -0.2) is 22.6 Å². The average molecular weight is 248 g/mol. The minimum Gasteiger partial charge on any atom is -0.478 e. The number of rotatable bonds is 4. The maximum Gasteiger partial charge on any atom is 0.335 e. The molecule has 1 aromatic rings. The van der Waals surface area contributed by atoms with Gasteiger partial charge in [0, 0.05) is 12.1 Å². The van der Waals surface area contributed by atoms with Crippen molar-refractivity contribution < 1.29 is 14.7 Å². The summed E-state index contributed by atoms with van der Waals surface area (Å²) >= 11 is 0. The van der Waals surface area contributed by atoms with E-state index in [0.29, 0.717) is 6.54 Å². The molecular weight excluding hydrogens is 232 g/mol. The molecule has 0 spiro atoms. The van der Waals surface area contributed by atoms with Gasteiger partial charge >= 0.3 is 12.0 Å². The number of aromatic carboxylic acids is 1. The Kier molecular flexibility index (Phi) is 3.23. The molecule has 1 aliphatic carbocycles. The van der Waals surface area contributed by atoms with E-state index in [2.05, 4.69) is 10.6 Å². The van der Waals surface area contributed by atoms with Gasteiger partial charge in [-0.3, -0.25) is 0 Å². The number of benzene rings is 1. The van der Waals surface area contributed by atoms with Crippen LogP contribution in [0.4, 0.5) is 4.79 Å². The summed E-state index contributed by atoms with van der Waals surface area (Å²) in [5.41, 5.74) is 0.947. The van der Waals surface area contributed by atoms with Crippen LogP contribution in [0.2, 0.25) is 0 Å². The van der Waals surface area contributed by atoms with E-state index in [0.717, 1.165) is 18.4 Å². The van der Waals surface area contributed by atoms with Gasteiger partial charge in [-0.2, -0.15) is 0 Å². The number of carboxylic acids is 1. The first-order valence-corrected chi connectivity index (χ1v) is 5.87. The fourth-order valence-electron chi connectivity index (χ4n) is 1.63. The van der Waals surface area contributed by atoms with E-state index in [1.165, 1.54) is 6.07 Å². The van der Waals surface area contributed by atoms with E-state index in [1.807, 2.05) is 6.92 Å². The van der Waals surface area contributed by atoms with Gasteiger partial charge in [0.2, 0.25) is 0 Å². The zero-order valence-electron chi connectivity index (χ0n) is 10.2. The van der Waals surface area contributed by atoms with E-state index in [9.17, 15) is 9.59 Å². The third-order valence-electron chi connectivity index (χ3n) is 3.04. The fourth-order valence-corrected chi connectivity index (χ4v) is 1.63. The Bertz CT molecular complexity index is 481. The van der Waals surface area contributed by atoms with Crippen molar-refractivity contribution in [2.75, 3.05) is 0 Å². The van der Waals surface area contributed by atoms with Crippen molar-refractivity contribution in [2.45, 2.75) is 31.8 Å². The summed E-state index contributed by atoms with van der Waals surface area (Å²) in [6.45, 7) is 2.32. The lowest BCUT2D eigenvalue weighted by Crippen LogP contribution is -2.41. The molecule has 2 amide bonds. The Morgan fingerprint density at radius 1 is 1.39 bits per heavy atom. The van der Waals surface area contributed by atoms with Crippen LogP contribution < -0.4 is 10.6 Å². The first kappa shape index (κ1) is 12.4. The van der Waals surface area contributed by atoms with Gasteiger partial charge in [-0.15, -0.1) is 0 Å². The third-order valence-corrected chi connectivity index (χ3v) is 3.04. The summed E-state index contributed by atoms with van der Waals surface area (Å²) in [7, 11) is 0. The van der Waals surface area contributed by atoms with E-state index < -0.39 is 5.97 Å². The van der Waals surface area contributed by atoms with E-state index in [1.54, 1.807) is 18.2 Å². The zero-order valence-corrected chi connectivity index (χ0v) is 10.2. The van der Waals surface area contributed by atoms with E-state index >= 15 is 0 Å². The highest BCUT2D eigenvalue weighted by molar-refractivity contribution is 5.87. The summed E-state index contributed by atoms with van der Waals surface area (Å²) < 4.78 is 0. The highest BCUT2D eigenvalue weighted by Gasteiger charge is 2.38. The number of amides is 2. The van der Waals surface area contributed by atoms with Gasteiger partial charge in [-0.05, 0) is 37.5 Å². The largest absolute Gasteiger partial charge is 0.478 e. The first-order valence-electron chi connectivity index (χ1n) is 5.87. The van der Waals surface area contributed by atoms with Crippen LogP contribution in [0.25, 0.3) is 0 Å². The predicted octanol–water partition coefficient (Wildman–Crippen LogP) is 1.74. The molecule has 1 aromatic carbocycles. The molecule has 0 heterocycles. The molecular formula is C13H16N2O3. The third kappa shape index (κ3) is 3.23. The summed E-state index contributed by atoms with van der Waals surface area (Å²) in [4.78, 5) is 22.3. The molecule has 5 heteroatoms. The molecule has 1 saturated carbocycles. The van der Waals surface area contributed by atoms with Crippen LogP contribution in [0.5, 0.6) is 0 Å². The van der Waals surface area contributed by atoms with Gasteiger partial charge in [-0.25, -0.2) is 9.59 Å². The molecule has 1 fully saturated rings. The van der Waals surface area contributed by atoms with E-state index in [4.69, 9.17) is 5.11 Å². The lowest BCUT2D eigenvalue weighted by Gasteiger charge is -2.12. The van der Waals surface area contributed by atoms with Gasteiger partial charge in [0.1, 0.15) is 0 Å². The number of carboxylic acid groups (broad SMARTS) is 1. The summed E-state index contributed by atoms with van der Waals surface area (Å²) in [6, 6.07) is 6.32. The molecule has 0 radical (unpaired) electrons. The minimum atomic E-state index is -0.966. The normalized spacial score (nSPS) is 15.8. The Hall–Kier alpha value is -2.04. The number of urea groups is 1. The summed E-state index contributed by atoms with van der Waals surface area (Å²) in [5.74, 6) is -0.966. The topological polar surface area (TPSA) is 78.4 Å². The predicted molar refractivity (Wildman–Crippen MR) is 66.4 cm³/mol.